The van der Waals surface area contributed by atoms with Crippen LogP contribution in [-0.2, 0) is 11.3 Å². The highest BCUT2D eigenvalue weighted by Gasteiger charge is 2.17. The van der Waals surface area contributed by atoms with E-state index in [0.29, 0.717) is 19.8 Å². The maximum absolute atomic E-state index is 8.64. The van der Waals surface area contributed by atoms with Gasteiger partial charge in [-0.25, -0.2) is 4.98 Å². The van der Waals surface area contributed by atoms with Crippen LogP contribution < -0.4 is 10.6 Å². The Hall–Kier alpha value is -1.21. The molecule has 6 nitrogen and oxygen atoms in total. The van der Waals surface area contributed by atoms with Crippen molar-refractivity contribution in [2.24, 2.45) is 5.73 Å². The molecule has 112 valence electrons. The lowest BCUT2D eigenvalue weighted by Crippen LogP contribution is -2.47. The molecule has 0 saturated carbocycles. The number of pyridine rings is 1. The lowest BCUT2D eigenvalue weighted by molar-refractivity contribution is 0.0724. The zero-order valence-corrected chi connectivity index (χ0v) is 11.9. The molecule has 20 heavy (non-hydrogen) atoms. The first-order valence-corrected chi connectivity index (χ1v) is 7.14. The molecule has 2 rings (SSSR count). The minimum absolute atomic E-state index is 0.0955. The average molecular weight is 280 g/mol. The molecule has 0 aromatic carbocycles. The van der Waals surface area contributed by atoms with E-state index in [0.717, 1.165) is 44.1 Å². The van der Waals surface area contributed by atoms with Crippen LogP contribution in [0.4, 0.5) is 5.82 Å². The molecule has 0 amide bonds. The quantitative estimate of drug-likeness (QED) is 0.666. The zero-order valence-electron chi connectivity index (χ0n) is 11.9. The predicted molar refractivity (Wildman–Crippen MR) is 78.7 cm³/mol. The number of aliphatic hydroxyl groups is 1. The van der Waals surface area contributed by atoms with E-state index in [9.17, 15) is 0 Å². The number of aromatic nitrogens is 1. The fraction of sp³-hybridized carbons (Fsp3) is 0.643. The summed E-state index contributed by atoms with van der Waals surface area (Å²) in [4.78, 5) is 9.13. The van der Waals surface area contributed by atoms with Crippen molar-refractivity contribution in [2.75, 3.05) is 57.4 Å². The van der Waals surface area contributed by atoms with Crippen molar-refractivity contribution in [1.82, 2.24) is 9.88 Å². The maximum atomic E-state index is 8.64. The van der Waals surface area contributed by atoms with Gasteiger partial charge in [0, 0.05) is 45.5 Å². The van der Waals surface area contributed by atoms with E-state index in [1.54, 1.807) is 0 Å². The molecule has 1 saturated heterocycles. The van der Waals surface area contributed by atoms with Gasteiger partial charge >= 0.3 is 0 Å². The third kappa shape index (κ3) is 4.42. The molecule has 6 heteroatoms. The third-order valence-electron chi connectivity index (χ3n) is 3.53. The third-order valence-corrected chi connectivity index (χ3v) is 3.53. The summed E-state index contributed by atoms with van der Waals surface area (Å²) in [5, 5.41) is 8.64. The van der Waals surface area contributed by atoms with E-state index in [2.05, 4.69) is 14.8 Å². The molecule has 1 aliphatic rings. The fourth-order valence-electron chi connectivity index (χ4n) is 2.29. The van der Waals surface area contributed by atoms with Crippen molar-refractivity contribution in [3.8, 4) is 0 Å². The molecule has 1 aromatic rings. The summed E-state index contributed by atoms with van der Waals surface area (Å²) in [5.74, 6) is 1.03. The number of nitrogens with zero attached hydrogens (tertiary/aromatic N) is 3. The molecule has 0 spiro atoms. The largest absolute Gasteiger partial charge is 0.394 e. The summed E-state index contributed by atoms with van der Waals surface area (Å²) in [6.45, 7) is 6.66. The van der Waals surface area contributed by atoms with Gasteiger partial charge in [-0.2, -0.15) is 0 Å². The highest BCUT2D eigenvalue weighted by atomic mass is 16.5. The van der Waals surface area contributed by atoms with Crippen LogP contribution in [0.2, 0.25) is 0 Å². The van der Waals surface area contributed by atoms with Gasteiger partial charge in [0.25, 0.3) is 0 Å². The van der Waals surface area contributed by atoms with Crippen LogP contribution in [0.3, 0.4) is 0 Å². The van der Waals surface area contributed by atoms with E-state index in [1.807, 2.05) is 18.3 Å². The Labute approximate surface area is 120 Å². The van der Waals surface area contributed by atoms with Crippen molar-refractivity contribution >= 4 is 5.82 Å². The second-order valence-corrected chi connectivity index (χ2v) is 4.89. The molecule has 1 aromatic heterocycles. The molecule has 0 bridgehead atoms. The minimum Gasteiger partial charge on any atom is -0.394 e. The van der Waals surface area contributed by atoms with E-state index >= 15 is 0 Å². The van der Waals surface area contributed by atoms with Crippen molar-refractivity contribution in [2.45, 2.75) is 6.54 Å². The smallest absolute Gasteiger partial charge is 0.128 e. The summed E-state index contributed by atoms with van der Waals surface area (Å²) < 4.78 is 5.29. The van der Waals surface area contributed by atoms with Crippen molar-refractivity contribution < 1.29 is 9.84 Å². The molecule has 2 heterocycles. The molecular weight excluding hydrogens is 256 g/mol. The number of hydrogen-bond donors (Lipinski definition) is 2. The van der Waals surface area contributed by atoms with Crippen LogP contribution in [-0.4, -0.2) is 67.5 Å². The summed E-state index contributed by atoms with van der Waals surface area (Å²) in [6, 6.07) is 4.08. The standard InChI is InChI=1S/C14H24N4O2/c15-11-13-1-2-14(16-12-13)18-5-3-17(4-6-18)7-9-20-10-8-19/h1-2,12,19H,3-11,15H2. The molecule has 1 aliphatic heterocycles. The Balaban J connectivity index is 1.73. The monoisotopic (exact) mass is 280 g/mol. The molecule has 0 aliphatic carbocycles. The van der Waals surface area contributed by atoms with Gasteiger partial charge in [0.2, 0.25) is 0 Å². The van der Waals surface area contributed by atoms with Crippen LogP contribution in [0, 0.1) is 0 Å². The van der Waals surface area contributed by atoms with Gasteiger partial charge in [0.1, 0.15) is 5.82 Å². The Bertz CT molecular complexity index is 377. The van der Waals surface area contributed by atoms with E-state index < -0.39 is 0 Å². The van der Waals surface area contributed by atoms with Gasteiger partial charge in [-0.3, -0.25) is 4.90 Å². The maximum Gasteiger partial charge on any atom is 0.128 e. The normalized spacial score (nSPS) is 16.6. The number of aliphatic hydroxyl groups excluding tert-OH is 1. The van der Waals surface area contributed by atoms with Crippen LogP contribution in [0.1, 0.15) is 5.56 Å². The van der Waals surface area contributed by atoms with Crippen molar-refractivity contribution in [3.63, 3.8) is 0 Å². The van der Waals surface area contributed by atoms with Gasteiger partial charge < -0.3 is 20.5 Å². The summed E-state index contributed by atoms with van der Waals surface area (Å²) in [5.41, 5.74) is 6.64. The van der Waals surface area contributed by atoms with Gasteiger partial charge in [-0.15, -0.1) is 0 Å². The number of anilines is 1. The lowest BCUT2D eigenvalue weighted by atomic mass is 10.2. The molecular formula is C14H24N4O2. The summed E-state index contributed by atoms with van der Waals surface area (Å²) in [7, 11) is 0. The first-order chi connectivity index (χ1) is 9.83. The van der Waals surface area contributed by atoms with Crippen LogP contribution in [0.5, 0.6) is 0 Å². The number of rotatable bonds is 7. The fourth-order valence-corrected chi connectivity index (χ4v) is 2.29. The number of ether oxygens (including phenoxy) is 1. The highest BCUT2D eigenvalue weighted by molar-refractivity contribution is 5.39. The summed E-state index contributed by atoms with van der Waals surface area (Å²) >= 11 is 0. The van der Waals surface area contributed by atoms with Crippen LogP contribution >= 0.6 is 0 Å². The predicted octanol–water partition coefficient (Wildman–Crippen LogP) is -0.329. The molecule has 0 unspecified atom stereocenters. The van der Waals surface area contributed by atoms with Gasteiger partial charge in [-0.05, 0) is 11.6 Å². The van der Waals surface area contributed by atoms with E-state index in [-0.39, 0.29) is 6.61 Å². The van der Waals surface area contributed by atoms with Crippen molar-refractivity contribution in [1.29, 1.82) is 0 Å². The second kappa shape index (κ2) is 8.16. The molecule has 0 radical (unpaired) electrons. The average Bonchev–Trinajstić information content (AvgIpc) is 2.52. The zero-order chi connectivity index (χ0) is 14.2. The Morgan fingerprint density at radius 3 is 2.60 bits per heavy atom. The van der Waals surface area contributed by atoms with Gasteiger partial charge in [-0.1, -0.05) is 6.07 Å². The lowest BCUT2D eigenvalue weighted by Gasteiger charge is -2.35. The topological polar surface area (TPSA) is 74.9 Å². The molecule has 3 N–H and O–H groups in total. The first-order valence-electron chi connectivity index (χ1n) is 7.14. The number of nitrogens with two attached hydrogens (primary N) is 1. The van der Waals surface area contributed by atoms with Gasteiger partial charge in [0.15, 0.2) is 0 Å². The van der Waals surface area contributed by atoms with Crippen LogP contribution in [0.15, 0.2) is 18.3 Å². The Kier molecular flexibility index (Phi) is 6.20. The number of piperazine rings is 1. The molecule has 0 atom stereocenters. The minimum atomic E-state index is 0.0955. The highest BCUT2D eigenvalue weighted by Crippen LogP contribution is 2.13. The Morgan fingerprint density at radius 1 is 1.20 bits per heavy atom. The first kappa shape index (κ1) is 15.2. The SMILES string of the molecule is NCc1ccc(N2CCN(CCOCCO)CC2)nc1. The summed E-state index contributed by atoms with van der Waals surface area (Å²) in [6.07, 6.45) is 1.85. The van der Waals surface area contributed by atoms with E-state index in [1.165, 1.54) is 0 Å². The number of hydrogen-bond acceptors (Lipinski definition) is 6. The van der Waals surface area contributed by atoms with Crippen molar-refractivity contribution in [3.05, 3.63) is 23.9 Å². The molecule has 1 fully saturated rings. The van der Waals surface area contributed by atoms with Gasteiger partial charge in [0.05, 0.1) is 19.8 Å². The van der Waals surface area contributed by atoms with E-state index in [4.69, 9.17) is 15.6 Å². The Morgan fingerprint density at radius 2 is 2.00 bits per heavy atom. The second-order valence-electron chi connectivity index (χ2n) is 4.89. The van der Waals surface area contributed by atoms with Crippen LogP contribution in [0.25, 0.3) is 0 Å².